The van der Waals surface area contributed by atoms with E-state index < -0.39 is 0 Å². The Kier molecular flexibility index (Phi) is 3.23. The molecule has 2 rings (SSSR count). The second-order valence-corrected chi connectivity index (χ2v) is 3.93. The van der Waals surface area contributed by atoms with Crippen molar-refractivity contribution in [2.24, 2.45) is 0 Å². The molecule has 1 atom stereocenters. The van der Waals surface area contributed by atoms with Gasteiger partial charge in [0.2, 0.25) is 0 Å². The minimum Gasteiger partial charge on any atom is -0.369 e. The lowest BCUT2D eigenvalue weighted by Crippen LogP contribution is -2.33. The highest BCUT2D eigenvalue weighted by molar-refractivity contribution is 6.34. The summed E-state index contributed by atoms with van der Waals surface area (Å²) in [4.78, 5) is 4.17. The zero-order valence-corrected chi connectivity index (χ0v) is 8.98. The summed E-state index contributed by atoms with van der Waals surface area (Å²) in [6.07, 6.45) is 1.52. The van der Waals surface area contributed by atoms with Crippen LogP contribution in [0.5, 0.6) is 0 Å². The lowest BCUT2D eigenvalue weighted by atomic mass is 10.2. The predicted molar refractivity (Wildman–Crippen MR) is 55.8 cm³/mol. The molecule has 0 bridgehead atoms. The van der Waals surface area contributed by atoms with E-state index in [1.165, 1.54) is 0 Å². The van der Waals surface area contributed by atoms with E-state index in [9.17, 15) is 0 Å². The van der Waals surface area contributed by atoms with Gasteiger partial charge in [-0.25, -0.2) is 0 Å². The summed E-state index contributed by atoms with van der Waals surface area (Å²) in [5.41, 5.74) is 0.753. The first-order valence-electron chi connectivity index (χ1n) is 4.40. The molecular weight excluding hydrogens is 223 g/mol. The molecule has 1 aromatic heterocycles. The smallest absolute Gasteiger partial charge is 0.113 e. The number of aromatic nitrogens is 1. The van der Waals surface area contributed by atoms with Gasteiger partial charge in [-0.15, -0.1) is 0 Å². The summed E-state index contributed by atoms with van der Waals surface area (Å²) in [5.74, 6) is 0. The van der Waals surface area contributed by atoms with Gasteiger partial charge in [0.25, 0.3) is 0 Å². The maximum atomic E-state index is 6.01. The van der Waals surface area contributed by atoms with E-state index in [0.29, 0.717) is 16.7 Å². The van der Waals surface area contributed by atoms with Gasteiger partial charge in [-0.1, -0.05) is 23.2 Å². The molecule has 76 valence electrons. The van der Waals surface area contributed by atoms with Crippen molar-refractivity contribution in [2.45, 2.75) is 6.10 Å². The Bertz CT molecular complexity index is 327. The van der Waals surface area contributed by atoms with E-state index in [2.05, 4.69) is 10.3 Å². The van der Waals surface area contributed by atoms with E-state index >= 15 is 0 Å². The molecule has 1 aliphatic rings. The van der Waals surface area contributed by atoms with Crippen molar-refractivity contribution in [3.8, 4) is 0 Å². The van der Waals surface area contributed by atoms with Gasteiger partial charge < -0.3 is 10.1 Å². The van der Waals surface area contributed by atoms with E-state index in [0.717, 1.165) is 18.8 Å². The minimum absolute atomic E-state index is 0.0616. The summed E-state index contributed by atoms with van der Waals surface area (Å²) in [6, 6.07) is 1.68. The number of hydrogen-bond donors (Lipinski definition) is 1. The molecule has 1 fully saturated rings. The van der Waals surface area contributed by atoms with Crippen LogP contribution in [0.15, 0.2) is 12.3 Å². The summed E-state index contributed by atoms with van der Waals surface area (Å²) >= 11 is 11.8. The van der Waals surface area contributed by atoms with Gasteiger partial charge in [0.1, 0.15) is 6.10 Å². The molecule has 0 radical (unpaired) electrons. The molecule has 3 nitrogen and oxygen atoms in total. The molecule has 0 saturated carbocycles. The van der Waals surface area contributed by atoms with Crippen LogP contribution in [0.25, 0.3) is 0 Å². The van der Waals surface area contributed by atoms with Crippen molar-refractivity contribution in [1.82, 2.24) is 10.3 Å². The molecular formula is C9H10Cl2N2O. The first kappa shape index (κ1) is 10.2. The van der Waals surface area contributed by atoms with Crippen LogP contribution >= 0.6 is 23.2 Å². The number of pyridine rings is 1. The van der Waals surface area contributed by atoms with Crippen LogP contribution in [0.3, 0.4) is 0 Å². The lowest BCUT2D eigenvalue weighted by molar-refractivity contribution is 0.0251. The van der Waals surface area contributed by atoms with Gasteiger partial charge in [-0.3, -0.25) is 4.98 Å². The number of ether oxygens (including phenoxy) is 1. The van der Waals surface area contributed by atoms with Crippen LogP contribution in [0.1, 0.15) is 11.8 Å². The fourth-order valence-corrected chi connectivity index (χ4v) is 1.90. The molecule has 1 unspecified atom stereocenters. The Morgan fingerprint density at radius 3 is 3.00 bits per heavy atom. The molecule has 0 amide bonds. The molecule has 0 aromatic carbocycles. The third kappa shape index (κ3) is 2.17. The quantitative estimate of drug-likeness (QED) is 0.805. The second kappa shape index (κ2) is 4.45. The standard InChI is InChI=1S/C9H10Cl2N2O/c10-6-3-7(11)9(13-4-6)8-5-12-1-2-14-8/h3-4,8,12H,1-2,5H2. The van der Waals surface area contributed by atoms with E-state index in [4.69, 9.17) is 27.9 Å². The zero-order chi connectivity index (χ0) is 9.97. The Morgan fingerprint density at radius 1 is 1.50 bits per heavy atom. The van der Waals surface area contributed by atoms with Crippen molar-refractivity contribution in [3.63, 3.8) is 0 Å². The highest BCUT2D eigenvalue weighted by Crippen LogP contribution is 2.26. The molecule has 5 heteroatoms. The van der Waals surface area contributed by atoms with Gasteiger partial charge in [0.15, 0.2) is 0 Å². The van der Waals surface area contributed by atoms with Crippen LogP contribution < -0.4 is 5.32 Å². The van der Waals surface area contributed by atoms with Crippen molar-refractivity contribution >= 4 is 23.2 Å². The third-order valence-electron chi connectivity index (χ3n) is 2.07. The number of halogens is 2. The fourth-order valence-electron chi connectivity index (χ4n) is 1.40. The average molecular weight is 233 g/mol. The van der Waals surface area contributed by atoms with Gasteiger partial charge in [-0.2, -0.15) is 0 Å². The summed E-state index contributed by atoms with van der Waals surface area (Å²) in [6.45, 7) is 2.31. The maximum absolute atomic E-state index is 6.01. The number of nitrogens with zero attached hydrogens (tertiary/aromatic N) is 1. The monoisotopic (exact) mass is 232 g/mol. The maximum Gasteiger partial charge on any atom is 0.113 e. The number of hydrogen-bond acceptors (Lipinski definition) is 3. The zero-order valence-electron chi connectivity index (χ0n) is 7.46. The summed E-state index contributed by atoms with van der Waals surface area (Å²) < 4.78 is 5.53. The summed E-state index contributed by atoms with van der Waals surface area (Å²) in [7, 11) is 0. The van der Waals surface area contributed by atoms with Crippen LogP contribution in [0, 0.1) is 0 Å². The van der Waals surface area contributed by atoms with E-state index in [1.54, 1.807) is 12.3 Å². The van der Waals surface area contributed by atoms with Gasteiger partial charge in [-0.05, 0) is 6.07 Å². The van der Waals surface area contributed by atoms with Crippen molar-refractivity contribution in [2.75, 3.05) is 19.7 Å². The van der Waals surface area contributed by atoms with Crippen LogP contribution in [0.2, 0.25) is 10.0 Å². The molecule has 2 heterocycles. The molecule has 0 aliphatic carbocycles. The molecule has 14 heavy (non-hydrogen) atoms. The van der Waals surface area contributed by atoms with Crippen molar-refractivity contribution in [1.29, 1.82) is 0 Å². The minimum atomic E-state index is -0.0616. The number of nitrogens with one attached hydrogen (secondary N) is 1. The van der Waals surface area contributed by atoms with Crippen molar-refractivity contribution in [3.05, 3.63) is 28.0 Å². The molecule has 1 aliphatic heterocycles. The van der Waals surface area contributed by atoms with Gasteiger partial charge >= 0.3 is 0 Å². The van der Waals surface area contributed by atoms with E-state index in [-0.39, 0.29) is 6.10 Å². The lowest BCUT2D eigenvalue weighted by Gasteiger charge is -2.23. The van der Waals surface area contributed by atoms with Crippen molar-refractivity contribution < 1.29 is 4.74 Å². The summed E-state index contributed by atoms with van der Waals surface area (Å²) in [5, 5.41) is 4.32. The number of morpholine rings is 1. The highest BCUT2D eigenvalue weighted by atomic mass is 35.5. The fraction of sp³-hybridized carbons (Fsp3) is 0.444. The third-order valence-corrected chi connectivity index (χ3v) is 2.58. The SMILES string of the molecule is Clc1cnc(C2CNCCO2)c(Cl)c1. The Labute approximate surface area is 92.4 Å². The first-order valence-corrected chi connectivity index (χ1v) is 5.16. The Hall–Kier alpha value is -0.350. The van der Waals surface area contributed by atoms with Crippen LogP contribution in [0.4, 0.5) is 0 Å². The van der Waals surface area contributed by atoms with Gasteiger partial charge in [0.05, 0.1) is 22.3 Å². The number of rotatable bonds is 1. The molecule has 0 spiro atoms. The molecule has 1 aromatic rings. The van der Waals surface area contributed by atoms with Gasteiger partial charge in [0, 0.05) is 19.3 Å². The Morgan fingerprint density at radius 2 is 2.36 bits per heavy atom. The Balaban J connectivity index is 2.22. The van der Waals surface area contributed by atoms with Crippen LogP contribution in [-0.2, 0) is 4.74 Å². The van der Waals surface area contributed by atoms with E-state index in [1.807, 2.05) is 0 Å². The average Bonchev–Trinajstić information content (AvgIpc) is 2.19. The molecule has 1 N–H and O–H groups in total. The first-order chi connectivity index (χ1) is 6.77. The largest absolute Gasteiger partial charge is 0.369 e. The highest BCUT2D eigenvalue weighted by Gasteiger charge is 2.19. The topological polar surface area (TPSA) is 34.2 Å². The molecule has 1 saturated heterocycles. The van der Waals surface area contributed by atoms with Crippen LogP contribution in [-0.4, -0.2) is 24.7 Å². The predicted octanol–water partition coefficient (Wildman–Crippen LogP) is 2.05. The second-order valence-electron chi connectivity index (χ2n) is 3.08. The normalized spacial score (nSPS) is 22.3.